The smallest absolute Gasteiger partial charge is 0.154 e. The maximum absolute atomic E-state index is 14.7. The van der Waals surface area contributed by atoms with Crippen molar-refractivity contribution >= 4 is 11.5 Å². The summed E-state index contributed by atoms with van der Waals surface area (Å²) >= 11 is 0. The van der Waals surface area contributed by atoms with Gasteiger partial charge in [0.25, 0.3) is 0 Å². The van der Waals surface area contributed by atoms with E-state index in [1.165, 1.54) is 18.6 Å². The van der Waals surface area contributed by atoms with Crippen LogP contribution >= 0.6 is 0 Å². The monoisotopic (exact) mass is 378 g/mol. The van der Waals surface area contributed by atoms with Crippen molar-refractivity contribution in [2.24, 2.45) is 11.0 Å². The molecule has 1 heterocycles. The minimum Gasteiger partial charge on any atom is -0.497 e. The fourth-order valence-corrected chi connectivity index (χ4v) is 4.31. The molecule has 2 aromatic carbocycles. The molecular weight excluding hydrogens is 355 g/mol. The van der Waals surface area contributed by atoms with Crippen molar-refractivity contribution in [3.8, 4) is 5.75 Å². The second-order valence-electron chi connectivity index (χ2n) is 7.36. The number of ether oxygens (including phenoxy) is 1. The molecule has 2 aliphatic rings. The second kappa shape index (κ2) is 7.23. The Morgan fingerprint density at radius 3 is 2.75 bits per heavy atom. The summed E-state index contributed by atoms with van der Waals surface area (Å²) in [7, 11) is 1.66. The molecule has 2 aromatic rings. The molecule has 28 heavy (non-hydrogen) atoms. The van der Waals surface area contributed by atoms with Crippen LogP contribution in [0.1, 0.15) is 43.0 Å². The van der Waals surface area contributed by atoms with E-state index in [9.17, 15) is 9.18 Å². The van der Waals surface area contributed by atoms with Crippen molar-refractivity contribution < 1.29 is 13.9 Å². The zero-order valence-corrected chi connectivity index (χ0v) is 16.3. The van der Waals surface area contributed by atoms with Crippen LogP contribution in [0, 0.1) is 11.7 Å². The van der Waals surface area contributed by atoms with E-state index >= 15 is 0 Å². The molecule has 4 rings (SSSR count). The Balaban J connectivity index is 1.84. The van der Waals surface area contributed by atoms with E-state index < -0.39 is 0 Å². The molecule has 4 nitrogen and oxygen atoms in total. The highest BCUT2D eigenvalue weighted by atomic mass is 19.1. The molecule has 0 saturated carbocycles. The lowest BCUT2D eigenvalue weighted by molar-refractivity contribution is -0.112. The maximum atomic E-state index is 14.7. The minimum atomic E-state index is -0.262. The summed E-state index contributed by atoms with van der Waals surface area (Å²) in [5.74, 6) is 0.592. The summed E-state index contributed by atoms with van der Waals surface area (Å²) in [4.78, 5) is 11.7. The van der Waals surface area contributed by atoms with Crippen LogP contribution in [0.5, 0.6) is 5.75 Å². The van der Waals surface area contributed by atoms with Crippen molar-refractivity contribution in [2.75, 3.05) is 7.11 Å². The van der Waals surface area contributed by atoms with Gasteiger partial charge in [-0.2, -0.15) is 5.10 Å². The molecule has 0 radical (unpaired) electrons. The molecule has 0 aromatic heterocycles. The first kappa shape index (κ1) is 18.4. The van der Waals surface area contributed by atoms with Crippen molar-refractivity contribution in [3.05, 3.63) is 76.7 Å². The normalized spacial score (nSPS) is 21.1. The zero-order valence-electron chi connectivity index (χ0n) is 16.3. The molecule has 1 aliphatic carbocycles. The largest absolute Gasteiger partial charge is 0.497 e. The van der Waals surface area contributed by atoms with Gasteiger partial charge in [-0.05, 0) is 56.5 Å². The lowest BCUT2D eigenvalue weighted by atomic mass is 9.77. The third kappa shape index (κ3) is 3.11. The highest BCUT2D eigenvalue weighted by molar-refractivity contribution is 6.06. The number of ketones is 1. The Morgan fingerprint density at radius 2 is 2.04 bits per heavy atom. The van der Waals surface area contributed by atoms with Crippen LogP contribution in [0.2, 0.25) is 0 Å². The second-order valence-corrected chi connectivity index (χ2v) is 7.36. The van der Waals surface area contributed by atoms with Gasteiger partial charge in [-0.25, -0.2) is 4.39 Å². The number of carbonyl (C=O) groups is 1. The van der Waals surface area contributed by atoms with Gasteiger partial charge in [0.15, 0.2) is 5.78 Å². The first-order chi connectivity index (χ1) is 13.5. The minimum absolute atomic E-state index is 0.0509. The van der Waals surface area contributed by atoms with E-state index in [0.29, 0.717) is 5.56 Å². The van der Waals surface area contributed by atoms with E-state index in [1.807, 2.05) is 42.3 Å². The summed E-state index contributed by atoms with van der Waals surface area (Å²) in [5, 5.41) is 6.70. The van der Waals surface area contributed by atoms with Gasteiger partial charge in [0, 0.05) is 28.8 Å². The summed E-state index contributed by atoms with van der Waals surface area (Å²) in [5.41, 5.74) is 4.55. The molecule has 144 valence electrons. The lowest BCUT2D eigenvalue weighted by Crippen LogP contribution is -2.29. The quantitative estimate of drug-likeness (QED) is 0.727. The van der Waals surface area contributed by atoms with E-state index in [0.717, 1.165) is 35.6 Å². The highest BCUT2D eigenvalue weighted by Crippen LogP contribution is 2.45. The number of carbonyl (C=O) groups excluding carboxylic acids is 1. The molecule has 1 aliphatic heterocycles. The van der Waals surface area contributed by atoms with Crippen molar-refractivity contribution in [2.45, 2.75) is 32.7 Å². The third-order valence-electron chi connectivity index (χ3n) is 5.52. The van der Waals surface area contributed by atoms with Crippen LogP contribution in [-0.2, 0) is 11.2 Å². The number of nitrogens with zero attached hydrogens (tertiary/aromatic N) is 2. The van der Waals surface area contributed by atoms with E-state index in [4.69, 9.17) is 9.84 Å². The predicted octanol–water partition coefficient (Wildman–Crippen LogP) is 4.65. The van der Waals surface area contributed by atoms with Gasteiger partial charge in [-0.3, -0.25) is 9.80 Å². The molecule has 2 unspecified atom stereocenters. The van der Waals surface area contributed by atoms with Crippen LogP contribution in [0.15, 0.2) is 59.3 Å². The Hall–Kier alpha value is -2.95. The first-order valence-corrected chi connectivity index (χ1v) is 9.48. The van der Waals surface area contributed by atoms with E-state index in [2.05, 4.69) is 0 Å². The number of allylic oxidation sites excluding steroid dienone is 2. The highest BCUT2D eigenvalue weighted by Gasteiger charge is 2.43. The Bertz CT molecular complexity index is 996. The van der Waals surface area contributed by atoms with E-state index in [-0.39, 0.29) is 23.6 Å². The van der Waals surface area contributed by atoms with Crippen molar-refractivity contribution in [1.29, 1.82) is 0 Å². The molecule has 5 heteroatoms. The number of hydrogen-bond donors (Lipinski definition) is 0. The number of fused-ring (bicyclic) bond motifs is 3. The van der Waals surface area contributed by atoms with Crippen molar-refractivity contribution in [3.63, 3.8) is 0 Å². The average molecular weight is 378 g/mol. The number of aryl methyl sites for hydroxylation is 1. The molecule has 0 bridgehead atoms. The SMILES string of the molecule is COc1ccc2c(c1)CCC1C2=NN(C(C)=CC(C)=O)C1c1ccccc1F. The van der Waals surface area contributed by atoms with Crippen LogP contribution in [0.3, 0.4) is 0 Å². The Labute approximate surface area is 164 Å². The van der Waals surface area contributed by atoms with E-state index in [1.54, 1.807) is 19.3 Å². The topological polar surface area (TPSA) is 41.9 Å². The van der Waals surface area contributed by atoms with Gasteiger partial charge in [0.1, 0.15) is 11.6 Å². The lowest BCUT2D eigenvalue weighted by Gasteiger charge is -2.31. The summed E-state index contributed by atoms with van der Waals surface area (Å²) in [6.45, 7) is 3.37. The number of rotatable bonds is 4. The standard InChI is InChI=1S/C23H23FN2O2/c1-14(12-15(2)27)26-23(19-6-4-5-7-21(19)24)20-10-8-16-13-17(28-3)9-11-18(16)22(20)25-26/h4-7,9,11-13,20,23H,8,10H2,1-3H3. The van der Waals surface area contributed by atoms with Crippen LogP contribution in [-0.4, -0.2) is 23.6 Å². The molecule has 2 atom stereocenters. The predicted molar refractivity (Wildman–Crippen MR) is 107 cm³/mol. The Morgan fingerprint density at radius 1 is 1.25 bits per heavy atom. The number of halogens is 1. The molecular formula is C23H23FN2O2. The molecule has 0 spiro atoms. The molecule has 0 N–H and O–H groups in total. The van der Waals surface area contributed by atoms with Gasteiger partial charge < -0.3 is 4.74 Å². The summed E-state index contributed by atoms with van der Waals surface area (Å²) in [6.07, 6.45) is 3.30. The number of methoxy groups -OCH3 is 1. The fourth-order valence-electron chi connectivity index (χ4n) is 4.31. The van der Waals surface area contributed by atoms with Gasteiger partial charge in [0.05, 0.1) is 18.9 Å². The van der Waals surface area contributed by atoms with Crippen LogP contribution in [0.4, 0.5) is 4.39 Å². The maximum Gasteiger partial charge on any atom is 0.154 e. The average Bonchev–Trinajstić information content (AvgIpc) is 3.07. The summed E-state index contributed by atoms with van der Waals surface area (Å²) in [6, 6.07) is 12.6. The van der Waals surface area contributed by atoms with Gasteiger partial charge in [0.2, 0.25) is 0 Å². The van der Waals surface area contributed by atoms with Gasteiger partial charge in [-0.15, -0.1) is 0 Å². The van der Waals surface area contributed by atoms with Crippen LogP contribution < -0.4 is 4.74 Å². The Kier molecular flexibility index (Phi) is 4.75. The third-order valence-corrected chi connectivity index (χ3v) is 5.52. The zero-order chi connectivity index (χ0) is 19.8. The van der Waals surface area contributed by atoms with Gasteiger partial charge >= 0.3 is 0 Å². The van der Waals surface area contributed by atoms with Crippen molar-refractivity contribution in [1.82, 2.24) is 5.01 Å². The fraction of sp³-hybridized carbons (Fsp3) is 0.304. The summed E-state index contributed by atoms with van der Waals surface area (Å²) < 4.78 is 20.1. The first-order valence-electron chi connectivity index (χ1n) is 9.48. The van der Waals surface area contributed by atoms with Crippen LogP contribution in [0.25, 0.3) is 0 Å². The number of benzene rings is 2. The molecule has 0 fully saturated rings. The number of hydrazone groups is 1. The molecule has 0 saturated heterocycles. The number of hydrogen-bond acceptors (Lipinski definition) is 4. The van der Waals surface area contributed by atoms with Gasteiger partial charge in [-0.1, -0.05) is 18.2 Å². The molecule has 0 amide bonds.